The van der Waals surface area contributed by atoms with Crippen LogP contribution in [-0.2, 0) is 41.1 Å². The number of anilines is 1. The fraction of sp³-hybridized carbons (Fsp3) is 0.465. The number of ether oxygens (including phenoxy) is 4. The average Bonchev–Trinajstić information content (AvgIpc) is 3.84. The van der Waals surface area contributed by atoms with Gasteiger partial charge in [-0.25, -0.2) is 18.7 Å². The summed E-state index contributed by atoms with van der Waals surface area (Å²) in [7, 11) is -7.88. The number of quaternary nitrogens is 1. The number of imidazole rings is 1. The number of phosphoric ester groups is 3. The largest absolute Gasteiger partial charge is 0.490 e. The van der Waals surface area contributed by atoms with Gasteiger partial charge in [0.15, 0.2) is 23.2 Å². The maximum atomic E-state index is 12.9. The van der Waals surface area contributed by atoms with Gasteiger partial charge in [-0.15, -0.1) is 0 Å². The van der Waals surface area contributed by atoms with Crippen LogP contribution < -0.4 is 19.9 Å². The first-order chi connectivity index (χ1) is 32.4. The topological polar surface area (TPSA) is 305 Å². The number of hydrogen-bond donors (Lipinski definition) is 6. The Labute approximate surface area is 397 Å². The lowest BCUT2D eigenvalue weighted by Gasteiger charge is -2.32. The molecule has 376 valence electrons. The van der Waals surface area contributed by atoms with Gasteiger partial charge in [-0.05, 0) is 39.1 Å². The van der Waals surface area contributed by atoms with E-state index in [-0.39, 0.29) is 62.6 Å². The van der Waals surface area contributed by atoms with Crippen molar-refractivity contribution in [2.45, 2.75) is 39.2 Å². The Balaban J connectivity index is 0.946. The van der Waals surface area contributed by atoms with Gasteiger partial charge in [0.05, 0.1) is 60.0 Å². The second-order valence-electron chi connectivity index (χ2n) is 18.2. The van der Waals surface area contributed by atoms with Gasteiger partial charge >= 0.3 is 29.5 Å². The Bertz CT molecular complexity index is 2920. The van der Waals surface area contributed by atoms with Crippen molar-refractivity contribution in [3.8, 4) is 17.5 Å². The Hall–Kier alpha value is -4.38. The first-order valence-electron chi connectivity index (χ1n) is 21.7. The number of nitrogen functional groups attached to an aromatic ring is 1. The number of phosphoric acid groups is 3. The fourth-order valence-electron chi connectivity index (χ4n) is 8.05. The van der Waals surface area contributed by atoms with E-state index in [4.69, 9.17) is 47.3 Å². The molecule has 6 atom stereocenters. The number of aromatic nitrogens is 4. The van der Waals surface area contributed by atoms with Crippen molar-refractivity contribution >= 4 is 72.8 Å². The number of rotatable bonds is 23. The number of aliphatic hydroxyl groups excluding tert-OH is 1. The standard InChI is InChI=1S/C43H57N6O17P3/c1-43(2,3)36-35(25-65-67(51,52)53)66-41(38(36)50)48-26-45-37-39(44)46-42(47-40(37)48)60-19-22-64-69(56,57)63-21-18-59-34-24-32-27-11-7-9-13-29(27)33(23-31(32)28-12-8-10-14-30(28)34)58-17-20-62-68(54,55)61-16-15-49(4,5)6/h7-14,23-24,26,35-36,38,41,50H,15-22,25H2,1-6H3,(H5-,44,46,47,51,52,53,54,55,56,57)/p+1. The molecule has 7 N–H and O–H groups in total. The summed E-state index contributed by atoms with van der Waals surface area (Å²) in [6.45, 7) is 4.22. The predicted octanol–water partition coefficient (Wildman–Crippen LogP) is 5.71. The van der Waals surface area contributed by atoms with Gasteiger partial charge in [0.1, 0.15) is 50.6 Å². The first kappa shape index (κ1) is 52.4. The van der Waals surface area contributed by atoms with Gasteiger partial charge in [0.2, 0.25) is 0 Å². The zero-order valence-corrected chi connectivity index (χ0v) is 41.5. The van der Waals surface area contributed by atoms with E-state index < -0.39 is 66.5 Å². The van der Waals surface area contributed by atoms with Crippen molar-refractivity contribution in [3.05, 3.63) is 67.0 Å². The molecule has 4 aromatic carbocycles. The van der Waals surface area contributed by atoms with Crippen LogP contribution in [0.4, 0.5) is 5.82 Å². The molecule has 1 saturated heterocycles. The van der Waals surface area contributed by atoms with Crippen LogP contribution in [0.5, 0.6) is 17.5 Å². The molecule has 0 amide bonds. The first-order valence-corrected chi connectivity index (χ1v) is 26.3. The summed E-state index contributed by atoms with van der Waals surface area (Å²) >= 11 is 0. The van der Waals surface area contributed by atoms with Crippen molar-refractivity contribution in [3.63, 3.8) is 0 Å². The van der Waals surface area contributed by atoms with Crippen LogP contribution in [0.2, 0.25) is 0 Å². The molecule has 23 nitrogen and oxygen atoms in total. The smallest absolute Gasteiger partial charge is 0.472 e. The van der Waals surface area contributed by atoms with E-state index >= 15 is 0 Å². The molecular formula is C43H58N6O17P3+. The molecule has 1 aliphatic heterocycles. The number of fused-ring (bicyclic) bond motifs is 6. The zero-order valence-electron chi connectivity index (χ0n) is 38.8. The number of benzene rings is 4. The minimum Gasteiger partial charge on any atom is -0.490 e. The molecule has 0 radical (unpaired) electrons. The van der Waals surface area contributed by atoms with Gasteiger partial charge in [-0.1, -0.05) is 69.3 Å². The number of hydrogen-bond acceptors (Lipinski definition) is 17. The minimum absolute atomic E-state index is 0.0226. The summed E-state index contributed by atoms with van der Waals surface area (Å²) < 4.78 is 87.9. The van der Waals surface area contributed by atoms with Crippen LogP contribution in [0.3, 0.4) is 0 Å². The van der Waals surface area contributed by atoms with Gasteiger partial charge in [0, 0.05) is 16.7 Å². The van der Waals surface area contributed by atoms with Crippen molar-refractivity contribution in [1.82, 2.24) is 19.5 Å². The highest BCUT2D eigenvalue weighted by Gasteiger charge is 2.51. The van der Waals surface area contributed by atoms with Crippen molar-refractivity contribution in [2.24, 2.45) is 11.3 Å². The molecule has 0 saturated carbocycles. The van der Waals surface area contributed by atoms with Gasteiger partial charge in [0.25, 0.3) is 0 Å². The molecule has 3 heterocycles. The molecule has 6 aromatic rings. The van der Waals surface area contributed by atoms with Crippen LogP contribution in [-0.4, -0.2) is 141 Å². The summed E-state index contributed by atoms with van der Waals surface area (Å²) in [6, 6.07) is 18.7. The predicted molar refractivity (Wildman–Crippen MR) is 252 cm³/mol. The molecule has 0 aliphatic carbocycles. The highest BCUT2D eigenvalue weighted by atomic mass is 31.2. The van der Waals surface area contributed by atoms with E-state index in [0.717, 1.165) is 32.3 Å². The minimum atomic E-state index is -4.83. The summed E-state index contributed by atoms with van der Waals surface area (Å²) in [6.07, 6.45) is -1.88. The van der Waals surface area contributed by atoms with Crippen LogP contribution >= 0.6 is 23.5 Å². The number of nitrogens with zero attached hydrogens (tertiary/aromatic N) is 5. The maximum Gasteiger partial charge on any atom is 0.472 e. The number of nitrogens with two attached hydrogens (primary N) is 1. The molecular weight excluding hydrogens is 965 g/mol. The van der Waals surface area contributed by atoms with E-state index in [1.165, 1.54) is 10.9 Å². The van der Waals surface area contributed by atoms with Crippen LogP contribution in [0, 0.1) is 11.3 Å². The summed E-state index contributed by atoms with van der Waals surface area (Å²) in [5, 5.41) is 16.3. The van der Waals surface area contributed by atoms with Crippen LogP contribution in [0.25, 0.3) is 43.5 Å². The molecule has 0 spiro atoms. The van der Waals surface area contributed by atoms with Crippen molar-refractivity contribution in [1.29, 1.82) is 0 Å². The van der Waals surface area contributed by atoms with E-state index in [1.54, 1.807) is 0 Å². The normalized spacial score (nSPS) is 19.9. The Morgan fingerprint density at radius 2 is 1.19 bits per heavy atom. The summed E-state index contributed by atoms with van der Waals surface area (Å²) in [5.41, 5.74) is 5.85. The molecule has 2 aromatic heterocycles. The van der Waals surface area contributed by atoms with E-state index in [1.807, 2.05) is 103 Å². The van der Waals surface area contributed by atoms with Gasteiger partial charge in [-0.3, -0.25) is 27.2 Å². The third-order valence-electron chi connectivity index (χ3n) is 11.1. The van der Waals surface area contributed by atoms with Crippen LogP contribution in [0.15, 0.2) is 67.0 Å². The van der Waals surface area contributed by atoms with Crippen molar-refractivity contribution < 1.29 is 84.4 Å². The second kappa shape index (κ2) is 21.1. The molecule has 7 rings (SSSR count). The highest BCUT2D eigenvalue weighted by molar-refractivity contribution is 7.47. The Kier molecular flexibility index (Phi) is 16.1. The Morgan fingerprint density at radius 1 is 0.696 bits per heavy atom. The fourth-order valence-corrected chi connectivity index (χ4v) is 9.76. The maximum absolute atomic E-state index is 12.9. The van der Waals surface area contributed by atoms with Crippen molar-refractivity contribution in [2.75, 3.05) is 86.3 Å². The average molecular weight is 1020 g/mol. The molecule has 1 fully saturated rings. The monoisotopic (exact) mass is 1020 g/mol. The second-order valence-corrected chi connectivity index (χ2v) is 22.4. The van der Waals surface area contributed by atoms with Crippen LogP contribution in [0.1, 0.15) is 27.0 Å². The lowest BCUT2D eigenvalue weighted by molar-refractivity contribution is -0.870. The molecule has 0 bridgehead atoms. The van der Waals surface area contributed by atoms with Gasteiger partial charge in [-0.2, -0.15) is 9.97 Å². The quantitative estimate of drug-likeness (QED) is 0.0194. The van der Waals surface area contributed by atoms with E-state index in [0.29, 0.717) is 22.5 Å². The van der Waals surface area contributed by atoms with E-state index in [2.05, 4.69) is 15.0 Å². The van der Waals surface area contributed by atoms with Gasteiger partial charge < -0.3 is 53.8 Å². The molecule has 6 unspecified atom stereocenters. The number of aliphatic hydroxyl groups is 1. The Morgan fingerprint density at radius 3 is 1.68 bits per heavy atom. The summed E-state index contributed by atoms with van der Waals surface area (Å²) in [5.74, 6) is 0.331. The highest BCUT2D eigenvalue weighted by Crippen LogP contribution is 2.48. The summed E-state index contributed by atoms with van der Waals surface area (Å²) in [4.78, 5) is 51.9. The molecule has 69 heavy (non-hydrogen) atoms. The lowest BCUT2D eigenvalue weighted by atomic mass is 9.75. The number of likely N-dealkylation sites (N-methyl/N-ethyl adjacent to an activating group) is 1. The zero-order chi connectivity index (χ0) is 49.9. The molecule has 1 aliphatic rings. The third-order valence-corrected chi connectivity index (χ3v) is 13.6. The molecule has 26 heteroatoms. The SMILES string of the molecule is CC(C)(C)C1C(COP(=O)(O)O)OC(n2cnc3c(N)nc(OCCOP(=O)(O)OCCOc4cc5c6ccccc6c(OCCOP(=O)(O)OCC[N+](C)(C)C)cc5c5ccccc45)nc32)C1O. The lowest BCUT2D eigenvalue weighted by Crippen LogP contribution is -2.38. The van der Waals surface area contributed by atoms with E-state index in [9.17, 15) is 38.4 Å². The third kappa shape index (κ3) is 13.3.